The molecule has 26 heavy (non-hydrogen) atoms. The van der Waals surface area contributed by atoms with Gasteiger partial charge in [-0.15, -0.1) is 0 Å². The lowest BCUT2D eigenvalue weighted by atomic mass is 9.74. The number of nitrogens with two attached hydrogens (primary N) is 1. The smallest absolute Gasteiger partial charge is 0.0629 e. The molecule has 3 rings (SSSR count). The molecule has 3 unspecified atom stereocenters. The molecule has 1 heterocycles. The van der Waals surface area contributed by atoms with Crippen LogP contribution in [0.5, 0.6) is 0 Å². The van der Waals surface area contributed by atoms with Gasteiger partial charge in [0, 0.05) is 12.6 Å². The first-order valence-corrected chi connectivity index (χ1v) is 9.98. The summed E-state index contributed by atoms with van der Waals surface area (Å²) in [6.07, 6.45) is 4.52. The highest BCUT2D eigenvalue weighted by atomic mass is 16.5. The van der Waals surface area contributed by atoms with Gasteiger partial charge >= 0.3 is 0 Å². The largest absolute Gasteiger partial charge is 0.376 e. The van der Waals surface area contributed by atoms with Crippen LogP contribution in [-0.4, -0.2) is 12.2 Å². The Hall–Kier alpha value is -1.64. The van der Waals surface area contributed by atoms with Crippen molar-refractivity contribution < 1.29 is 4.74 Å². The minimum absolute atomic E-state index is 0.0143. The van der Waals surface area contributed by atoms with Crippen LogP contribution in [0.15, 0.2) is 54.6 Å². The van der Waals surface area contributed by atoms with Gasteiger partial charge in [0.2, 0.25) is 0 Å². The third-order valence-corrected chi connectivity index (χ3v) is 5.80. The molecule has 2 aromatic carbocycles. The van der Waals surface area contributed by atoms with Crippen molar-refractivity contribution in [3.05, 3.63) is 71.3 Å². The summed E-state index contributed by atoms with van der Waals surface area (Å²) in [5.74, 6) is 1.24. The maximum absolute atomic E-state index is 6.19. The van der Waals surface area contributed by atoms with Gasteiger partial charge in [0.1, 0.15) is 0 Å². The first-order valence-electron chi connectivity index (χ1n) is 9.98. The van der Waals surface area contributed by atoms with E-state index in [1.807, 2.05) is 0 Å². The number of aryl methyl sites for hydroxylation is 1. The second kappa shape index (κ2) is 8.37. The standard InChI is InChI=1S/C24H33NO/c1-18(25)22-12-8-7-11-20(22)13-14-23(19-9-5-4-6-10-19)21-15-16-26-24(2,3)17-21/h4-12,18,21,23H,13-17,25H2,1-3H3. The predicted octanol–water partition coefficient (Wildman–Crippen LogP) is 5.63. The van der Waals surface area contributed by atoms with E-state index in [0.717, 1.165) is 32.3 Å². The van der Waals surface area contributed by atoms with Gasteiger partial charge in [0.05, 0.1) is 5.60 Å². The van der Waals surface area contributed by atoms with Crippen LogP contribution in [0.3, 0.4) is 0 Å². The van der Waals surface area contributed by atoms with Crippen molar-refractivity contribution in [2.45, 2.75) is 64.0 Å². The average Bonchev–Trinajstić information content (AvgIpc) is 2.62. The van der Waals surface area contributed by atoms with Crippen LogP contribution in [0.1, 0.15) is 68.7 Å². The molecule has 2 N–H and O–H groups in total. The summed E-state index contributed by atoms with van der Waals surface area (Å²) in [5, 5.41) is 0. The van der Waals surface area contributed by atoms with E-state index >= 15 is 0 Å². The van der Waals surface area contributed by atoms with E-state index in [0.29, 0.717) is 11.8 Å². The Morgan fingerprint density at radius 2 is 1.77 bits per heavy atom. The summed E-state index contributed by atoms with van der Waals surface area (Å²) in [4.78, 5) is 0. The van der Waals surface area contributed by atoms with E-state index in [1.54, 1.807) is 0 Å². The molecule has 0 saturated carbocycles. The van der Waals surface area contributed by atoms with Crippen molar-refractivity contribution in [3.63, 3.8) is 0 Å². The highest BCUT2D eigenvalue weighted by molar-refractivity contribution is 5.30. The molecule has 1 saturated heterocycles. The van der Waals surface area contributed by atoms with Gasteiger partial charge in [-0.1, -0.05) is 54.6 Å². The molecular formula is C24H33NO. The average molecular weight is 352 g/mol. The van der Waals surface area contributed by atoms with Crippen LogP contribution in [0.4, 0.5) is 0 Å². The zero-order chi connectivity index (χ0) is 18.6. The van der Waals surface area contributed by atoms with Gasteiger partial charge in [0.25, 0.3) is 0 Å². The number of hydrogen-bond donors (Lipinski definition) is 1. The van der Waals surface area contributed by atoms with E-state index < -0.39 is 0 Å². The molecule has 0 radical (unpaired) electrons. The first-order chi connectivity index (χ1) is 12.5. The molecule has 0 aromatic heterocycles. The Morgan fingerprint density at radius 3 is 2.46 bits per heavy atom. The Labute approximate surface area is 158 Å². The lowest BCUT2D eigenvalue weighted by molar-refractivity contribution is -0.0772. The SMILES string of the molecule is CC(N)c1ccccc1CCC(c1ccccc1)C1CCOC(C)(C)C1. The maximum Gasteiger partial charge on any atom is 0.0629 e. The molecule has 1 aliphatic heterocycles. The first kappa shape index (κ1) is 19.1. The van der Waals surface area contributed by atoms with Crippen molar-refractivity contribution in [1.82, 2.24) is 0 Å². The van der Waals surface area contributed by atoms with Crippen molar-refractivity contribution in [1.29, 1.82) is 0 Å². The third-order valence-electron chi connectivity index (χ3n) is 5.80. The summed E-state index contributed by atoms with van der Waals surface area (Å²) in [6, 6.07) is 19.8. The molecule has 2 aromatic rings. The molecule has 0 spiro atoms. The fourth-order valence-corrected chi connectivity index (χ4v) is 4.51. The fourth-order valence-electron chi connectivity index (χ4n) is 4.51. The monoisotopic (exact) mass is 351 g/mol. The minimum Gasteiger partial charge on any atom is -0.376 e. The Balaban J connectivity index is 1.81. The summed E-state index contributed by atoms with van der Waals surface area (Å²) in [6.45, 7) is 7.41. The Morgan fingerprint density at radius 1 is 1.08 bits per heavy atom. The number of ether oxygens (including phenoxy) is 1. The second-order valence-electron chi connectivity index (χ2n) is 8.40. The van der Waals surface area contributed by atoms with Crippen LogP contribution in [0.2, 0.25) is 0 Å². The van der Waals surface area contributed by atoms with Crippen LogP contribution in [-0.2, 0) is 11.2 Å². The van der Waals surface area contributed by atoms with Crippen molar-refractivity contribution in [2.75, 3.05) is 6.61 Å². The molecule has 3 atom stereocenters. The lowest BCUT2D eigenvalue weighted by Gasteiger charge is -2.39. The van der Waals surface area contributed by atoms with Gasteiger partial charge in [-0.2, -0.15) is 0 Å². The molecule has 140 valence electrons. The van der Waals surface area contributed by atoms with Gasteiger partial charge in [-0.3, -0.25) is 0 Å². The number of benzene rings is 2. The second-order valence-corrected chi connectivity index (χ2v) is 8.40. The Kier molecular flexibility index (Phi) is 6.16. The fraction of sp³-hybridized carbons (Fsp3) is 0.500. The molecule has 0 aliphatic carbocycles. The highest BCUT2D eigenvalue weighted by Crippen LogP contribution is 2.40. The highest BCUT2D eigenvalue weighted by Gasteiger charge is 2.34. The third kappa shape index (κ3) is 4.75. The number of hydrogen-bond acceptors (Lipinski definition) is 2. The van der Waals surface area contributed by atoms with Crippen LogP contribution in [0, 0.1) is 5.92 Å². The van der Waals surface area contributed by atoms with Crippen LogP contribution < -0.4 is 5.73 Å². The summed E-state index contributed by atoms with van der Waals surface area (Å²) in [5.41, 5.74) is 10.3. The zero-order valence-corrected chi connectivity index (χ0v) is 16.4. The molecule has 1 aliphatic rings. The maximum atomic E-state index is 6.19. The van der Waals surface area contributed by atoms with Crippen molar-refractivity contribution in [2.24, 2.45) is 11.7 Å². The molecular weight excluding hydrogens is 318 g/mol. The van der Waals surface area contributed by atoms with Gasteiger partial charge in [0.15, 0.2) is 0 Å². The number of rotatable bonds is 6. The summed E-state index contributed by atoms with van der Waals surface area (Å²) in [7, 11) is 0. The van der Waals surface area contributed by atoms with Crippen molar-refractivity contribution in [3.8, 4) is 0 Å². The van der Waals surface area contributed by atoms with Gasteiger partial charge in [-0.05, 0) is 75.0 Å². The molecule has 0 amide bonds. The Bertz CT molecular complexity index is 692. The topological polar surface area (TPSA) is 35.2 Å². The predicted molar refractivity (Wildman–Crippen MR) is 109 cm³/mol. The molecule has 0 bridgehead atoms. The quantitative estimate of drug-likeness (QED) is 0.732. The van der Waals surface area contributed by atoms with E-state index in [1.165, 1.54) is 16.7 Å². The van der Waals surface area contributed by atoms with E-state index in [2.05, 4.69) is 75.4 Å². The summed E-state index contributed by atoms with van der Waals surface area (Å²) < 4.78 is 5.98. The van der Waals surface area contributed by atoms with E-state index in [4.69, 9.17) is 10.5 Å². The lowest BCUT2D eigenvalue weighted by Crippen LogP contribution is -2.36. The van der Waals surface area contributed by atoms with Gasteiger partial charge < -0.3 is 10.5 Å². The van der Waals surface area contributed by atoms with Crippen LogP contribution >= 0.6 is 0 Å². The summed E-state index contributed by atoms with van der Waals surface area (Å²) >= 11 is 0. The normalized spacial score (nSPS) is 21.9. The van der Waals surface area contributed by atoms with E-state index in [-0.39, 0.29) is 11.6 Å². The van der Waals surface area contributed by atoms with E-state index in [9.17, 15) is 0 Å². The molecule has 2 nitrogen and oxygen atoms in total. The molecule has 1 fully saturated rings. The zero-order valence-electron chi connectivity index (χ0n) is 16.4. The van der Waals surface area contributed by atoms with Crippen LogP contribution in [0.25, 0.3) is 0 Å². The minimum atomic E-state index is -0.0143. The van der Waals surface area contributed by atoms with Crippen molar-refractivity contribution >= 4 is 0 Å². The molecule has 2 heteroatoms. The van der Waals surface area contributed by atoms with Gasteiger partial charge in [-0.25, -0.2) is 0 Å².